The average molecular weight is 348 g/mol. The van der Waals surface area contributed by atoms with Crippen LogP contribution in [0, 0.1) is 5.82 Å². The largest absolute Gasteiger partial charge is 0.375 e. The molecule has 0 saturated heterocycles. The number of halogens is 1. The number of carbonyl (C=O) groups excluding carboxylic acids is 2. The number of methoxy groups -OCH3 is 1. The SMILES string of the molecule is COCC(=O)Nc1cccc(NC(=O)CSc2ccccc2F)c1. The van der Waals surface area contributed by atoms with E-state index in [9.17, 15) is 14.0 Å². The van der Waals surface area contributed by atoms with Gasteiger partial charge in [-0.3, -0.25) is 9.59 Å². The monoisotopic (exact) mass is 348 g/mol. The Labute approximate surface area is 143 Å². The molecule has 0 bridgehead atoms. The standard InChI is InChI=1S/C17H17FN2O3S/c1-23-10-16(21)19-12-5-4-6-13(9-12)20-17(22)11-24-15-8-3-2-7-14(15)18/h2-9H,10-11H2,1H3,(H,19,21)(H,20,22). The van der Waals surface area contributed by atoms with Crippen molar-refractivity contribution in [1.29, 1.82) is 0 Å². The second-order valence-electron chi connectivity index (χ2n) is 4.83. The van der Waals surface area contributed by atoms with Crippen LogP contribution in [0.2, 0.25) is 0 Å². The van der Waals surface area contributed by atoms with Crippen LogP contribution in [-0.4, -0.2) is 31.3 Å². The zero-order chi connectivity index (χ0) is 17.4. The highest BCUT2D eigenvalue weighted by molar-refractivity contribution is 8.00. The summed E-state index contributed by atoms with van der Waals surface area (Å²) in [4.78, 5) is 23.9. The van der Waals surface area contributed by atoms with Crippen LogP contribution in [0.3, 0.4) is 0 Å². The molecule has 0 heterocycles. The second-order valence-corrected chi connectivity index (χ2v) is 5.85. The molecule has 0 fully saturated rings. The van der Waals surface area contributed by atoms with Crippen LogP contribution in [0.25, 0.3) is 0 Å². The molecule has 126 valence electrons. The van der Waals surface area contributed by atoms with Crippen molar-refractivity contribution < 1.29 is 18.7 Å². The van der Waals surface area contributed by atoms with E-state index in [0.29, 0.717) is 16.3 Å². The van der Waals surface area contributed by atoms with Crippen LogP contribution in [-0.2, 0) is 14.3 Å². The third-order valence-corrected chi connectivity index (χ3v) is 3.95. The average Bonchev–Trinajstić information content (AvgIpc) is 2.54. The summed E-state index contributed by atoms with van der Waals surface area (Å²) in [5.41, 5.74) is 1.10. The third-order valence-electron chi connectivity index (χ3n) is 2.90. The Morgan fingerprint density at radius 1 is 1.04 bits per heavy atom. The lowest BCUT2D eigenvalue weighted by atomic mass is 10.2. The minimum absolute atomic E-state index is 0.0458. The number of amides is 2. The Kier molecular flexibility index (Phi) is 6.77. The summed E-state index contributed by atoms with van der Waals surface area (Å²) < 4.78 is 18.2. The van der Waals surface area contributed by atoms with Gasteiger partial charge in [-0.15, -0.1) is 11.8 Å². The minimum atomic E-state index is -0.349. The Morgan fingerprint density at radius 3 is 2.38 bits per heavy atom. The molecule has 0 radical (unpaired) electrons. The van der Waals surface area contributed by atoms with Crippen LogP contribution in [0.1, 0.15) is 0 Å². The number of thioether (sulfide) groups is 1. The summed E-state index contributed by atoms with van der Waals surface area (Å²) in [7, 11) is 1.43. The predicted molar refractivity (Wildman–Crippen MR) is 92.7 cm³/mol. The van der Waals surface area contributed by atoms with Crippen molar-refractivity contribution in [2.75, 3.05) is 30.1 Å². The molecule has 2 aromatic carbocycles. The molecule has 0 spiro atoms. The molecule has 2 rings (SSSR count). The van der Waals surface area contributed by atoms with Gasteiger partial charge in [0.2, 0.25) is 11.8 Å². The van der Waals surface area contributed by atoms with Gasteiger partial charge in [0.25, 0.3) is 0 Å². The van der Waals surface area contributed by atoms with Crippen LogP contribution in [0.4, 0.5) is 15.8 Å². The fourth-order valence-electron chi connectivity index (χ4n) is 1.91. The molecule has 7 heteroatoms. The lowest BCUT2D eigenvalue weighted by Crippen LogP contribution is -2.18. The Bertz CT molecular complexity index is 724. The van der Waals surface area contributed by atoms with Gasteiger partial charge in [-0.25, -0.2) is 4.39 Å². The summed E-state index contributed by atoms with van der Waals surface area (Å²) >= 11 is 1.12. The Hall–Kier alpha value is -2.38. The zero-order valence-corrected chi connectivity index (χ0v) is 13.9. The highest BCUT2D eigenvalue weighted by Gasteiger charge is 2.08. The molecule has 0 unspecified atom stereocenters. The maximum atomic E-state index is 13.5. The van der Waals surface area contributed by atoms with Crippen molar-refractivity contribution in [3.8, 4) is 0 Å². The van der Waals surface area contributed by atoms with E-state index in [4.69, 9.17) is 4.74 Å². The molecular formula is C17H17FN2O3S. The van der Waals surface area contributed by atoms with Crippen molar-refractivity contribution in [3.05, 3.63) is 54.3 Å². The van der Waals surface area contributed by atoms with Crippen LogP contribution < -0.4 is 10.6 Å². The molecule has 5 nitrogen and oxygen atoms in total. The number of hydrogen-bond donors (Lipinski definition) is 2. The lowest BCUT2D eigenvalue weighted by Gasteiger charge is -2.09. The first kappa shape index (κ1) is 18.0. The van der Waals surface area contributed by atoms with E-state index in [1.807, 2.05) is 0 Å². The summed E-state index contributed by atoms with van der Waals surface area (Å²) in [6, 6.07) is 13.1. The molecule has 0 aliphatic carbocycles. The number of hydrogen-bond acceptors (Lipinski definition) is 4. The summed E-state index contributed by atoms with van der Waals surface area (Å²) in [5.74, 6) is -0.806. The van der Waals surface area contributed by atoms with Gasteiger partial charge in [-0.1, -0.05) is 18.2 Å². The fourth-order valence-corrected chi connectivity index (χ4v) is 2.64. The zero-order valence-electron chi connectivity index (χ0n) is 13.0. The molecule has 2 amide bonds. The van der Waals surface area contributed by atoms with Gasteiger partial charge in [-0.2, -0.15) is 0 Å². The molecule has 0 aliphatic rings. The van der Waals surface area contributed by atoms with Crippen molar-refractivity contribution in [2.45, 2.75) is 4.90 Å². The van der Waals surface area contributed by atoms with Crippen molar-refractivity contribution >= 4 is 35.0 Å². The normalized spacial score (nSPS) is 10.2. The predicted octanol–water partition coefficient (Wildman–Crippen LogP) is 3.14. The Balaban J connectivity index is 1.89. The maximum Gasteiger partial charge on any atom is 0.250 e. The van der Waals surface area contributed by atoms with E-state index in [-0.39, 0.29) is 30.0 Å². The highest BCUT2D eigenvalue weighted by atomic mass is 32.2. The van der Waals surface area contributed by atoms with Gasteiger partial charge in [0, 0.05) is 23.4 Å². The fraction of sp³-hybridized carbons (Fsp3) is 0.176. The summed E-state index contributed by atoms with van der Waals surface area (Å²) in [5, 5.41) is 5.36. The second kappa shape index (κ2) is 9.05. The van der Waals surface area contributed by atoms with Gasteiger partial charge < -0.3 is 15.4 Å². The number of ether oxygens (including phenoxy) is 1. The summed E-state index contributed by atoms with van der Waals surface area (Å²) in [6.45, 7) is -0.0458. The van der Waals surface area contributed by atoms with Gasteiger partial charge in [-0.05, 0) is 30.3 Å². The smallest absolute Gasteiger partial charge is 0.250 e. The molecule has 0 atom stereocenters. The molecule has 0 saturated carbocycles. The minimum Gasteiger partial charge on any atom is -0.375 e. The maximum absolute atomic E-state index is 13.5. The first-order valence-electron chi connectivity index (χ1n) is 7.14. The van der Waals surface area contributed by atoms with Gasteiger partial charge in [0.05, 0.1) is 5.75 Å². The first-order valence-corrected chi connectivity index (χ1v) is 8.13. The molecule has 2 aromatic rings. The Morgan fingerprint density at radius 2 is 1.71 bits per heavy atom. The van der Waals surface area contributed by atoms with E-state index in [2.05, 4.69) is 10.6 Å². The van der Waals surface area contributed by atoms with Crippen LogP contribution in [0.5, 0.6) is 0 Å². The first-order chi connectivity index (χ1) is 11.6. The van der Waals surface area contributed by atoms with E-state index in [0.717, 1.165) is 11.8 Å². The lowest BCUT2D eigenvalue weighted by molar-refractivity contribution is -0.119. The molecule has 2 N–H and O–H groups in total. The number of carbonyl (C=O) groups is 2. The van der Waals surface area contributed by atoms with Crippen LogP contribution in [0.15, 0.2) is 53.4 Å². The van der Waals surface area contributed by atoms with E-state index >= 15 is 0 Å². The summed E-state index contributed by atoms with van der Waals surface area (Å²) in [6.07, 6.45) is 0. The van der Waals surface area contributed by atoms with Crippen molar-refractivity contribution in [1.82, 2.24) is 0 Å². The van der Waals surface area contributed by atoms with Crippen molar-refractivity contribution in [2.24, 2.45) is 0 Å². The number of nitrogens with one attached hydrogen (secondary N) is 2. The third kappa shape index (κ3) is 5.68. The number of anilines is 2. The van der Waals surface area contributed by atoms with E-state index < -0.39 is 0 Å². The topological polar surface area (TPSA) is 67.4 Å². The molecular weight excluding hydrogens is 331 g/mol. The molecule has 0 aromatic heterocycles. The van der Waals surface area contributed by atoms with E-state index in [1.165, 1.54) is 13.2 Å². The van der Waals surface area contributed by atoms with Gasteiger partial charge >= 0.3 is 0 Å². The number of benzene rings is 2. The quantitative estimate of drug-likeness (QED) is 0.755. The number of rotatable bonds is 7. The highest BCUT2D eigenvalue weighted by Crippen LogP contribution is 2.21. The van der Waals surface area contributed by atoms with E-state index in [1.54, 1.807) is 42.5 Å². The van der Waals surface area contributed by atoms with Gasteiger partial charge in [0.1, 0.15) is 12.4 Å². The molecule has 0 aliphatic heterocycles. The molecule has 24 heavy (non-hydrogen) atoms. The van der Waals surface area contributed by atoms with Gasteiger partial charge in [0.15, 0.2) is 0 Å². The van der Waals surface area contributed by atoms with Crippen LogP contribution >= 0.6 is 11.8 Å². The van der Waals surface area contributed by atoms with Crippen molar-refractivity contribution in [3.63, 3.8) is 0 Å².